The maximum Gasteiger partial charge on any atom is 0.394 e. The molecular weight excluding hydrogens is 402 g/mol. The number of hydrogen-bond acceptors (Lipinski definition) is 6. The Kier molecular flexibility index (Phi) is 5.16. The van der Waals surface area contributed by atoms with E-state index in [-0.39, 0.29) is 11.2 Å². The van der Waals surface area contributed by atoms with Gasteiger partial charge in [0, 0.05) is 17.8 Å². The lowest BCUT2D eigenvalue weighted by Crippen LogP contribution is -2.23. The van der Waals surface area contributed by atoms with Gasteiger partial charge in [0.25, 0.3) is 5.56 Å². The molecule has 0 fully saturated rings. The van der Waals surface area contributed by atoms with Crippen LogP contribution >= 0.6 is 0 Å². The van der Waals surface area contributed by atoms with E-state index in [1.165, 1.54) is 18.2 Å². The summed E-state index contributed by atoms with van der Waals surface area (Å²) in [6.45, 7) is 0.493. The molecule has 0 saturated carbocycles. The predicted octanol–water partition coefficient (Wildman–Crippen LogP) is 2.38. The lowest BCUT2D eigenvalue weighted by atomic mass is 10.1. The van der Waals surface area contributed by atoms with Gasteiger partial charge in [-0.1, -0.05) is 12.1 Å². The molecule has 4 rings (SSSR count). The van der Waals surface area contributed by atoms with E-state index in [1.54, 1.807) is 24.9 Å². The average Bonchev–Trinajstić information content (AvgIpc) is 3.16. The minimum absolute atomic E-state index is 0.197. The topological polar surface area (TPSA) is 120 Å². The summed E-state index contributed by atoms with van der Waals surface area (Å²) < 4.78 is 12.4. The minimum Gasteiger partial charge on any atom is -0.493 e. The summed E-state index contributed by atoms with van der Waals surface area (Å²) in [5, 5.41) is 11.4. The highest BCUT2D eigenvalue weighted by atomic mass is 16.5. The quantitative estimate of drug-likeness (QED) is 0.621. The van der Waals surface area contributed by atoms with Crippen molar-refractivity contribution in [3.8, 4) is 11.5 Å². The molecule has 1 aromatic heterocycles. The van der Waals surface area contributed by atoms with Gasteiger partial charge in [0.15, 0.2) is 11.5 Å². The number of carbonyl (C=O) groups excluding carboxylic acids is 1. The fourth-order valence-corrected chi connectivity index (χ4v) is 3.63. The first-order chi connectivity index (χ1) is 14.9. The molecular formula is C22H19N3O6. The molecule has 9 nitrogen and oxygen atoms in total. The van der Waals surface area contributed by atoms with E-state index in [2.05, 4.69) is 10.3 Å². The van der Waals surface area contributed by atoms with E-state index in [4.69, 9.17) is 14.6 Å². The number of amides is 1. The fourth-order valence-electron chi connectivity index (χ4n) is 3.63. The Balaban J connectivity index is 1.81. The molecule has 0 radical (unpaired) electrons. The van der Waals surface area contributed by atoms with E-state index in [9.17, 15) is 14.4 Å². The van der Waals surface area contributed by atoms with Crippen LogP contribution in [0.15, 0.2) is 41.2 Å². The van der Waals surface area contributed by atoms with Gasteiger partial charge >= 0.3 is 11.9 Å². The van der Waals surface area contributed by atoms with Gasteiger partial charge in [0.1, 0.15) is 5.82 Å². The molecule has 0 saturated heterocycles. The maximum atomic E-state index is 13.0. The molecule has 0 spiro atoms. The van der Waals surface area contributed by atoms with Crippen molar-refractivity contribution in [2.24, 2.45) is 0 Å². The van der Waals surface area contributed by atoms with Crippen molar-refractivity contribution in [3.63, 3.8) is 0 Å². The number of carbonyl (C=O) groups is 2. The van der Waals surface area contributed by atoms with E-state index in [0.717, 1.165) is 11.1 Å². The number of carboxylic acid groups (broad SMARTS) is 1. The number of aromatic nitrogens is 2. The monoisotopic (exact) mass is 421 g/mol. The Hall–Kier alpha value is -4.14. The van der Waals surface area contributed by atoms with E-state index >= 15 is 0 Å². The van der Waals surface area contributed by atoms with Gasteiger partial charge in [-0.25, -0.2) is 9.78 Å². The smallest absolute Gasteiger partial charge is 0.394 e. The SMILES string of the molecule is COc1cccc(C=C2CCn3c2nc2cc(NC(=O)C(=O)O)ccc2c3=O)c1OC. The summed E-state index contributed by atoms with van der Waals surface area (Å²) in [6.07, 6.45) is 2.52. The summed E-state index contributed by atoms with van der Waals surface area (Å²) in [5.74, 6) is -1.07. The van der Waals surface area contributed by atoms with Gasteiger partial charge in [-0.15, -0.1) is 0 Å². The van der Waals surface area contributed by atoms with E-state index < -0.39 is 11.9 Å². The van der Waals surface area contributed by atoms with Crippen LogP contribution in [0, 0.1) is 0 Å². The molecule has 1 aliphatic rings. The van der Waals surface area contributed by atoms with Crippen LogP contribution in [0.5, 0.6) is 11.5 Å². The number of nitrogens with one attached hydrogen (secondary N) is 1. The number of carboxylic acids is 1. The second-order valence-corrected chi connectivity index (χ2v) is 6.89. The first kappa shape index (κ1) is 20.1. The molecule has 1 aliphatic heterocycles. The normalized spacial score (nSPS) is 13.8. The van der Waals surface area contributed by atoms with Crippen molar-refractivity contribution >= 4 is 40.1 Å². The van der Waals surface area contributed by atoms with Crippen molar-refractivity contribution in [1.82, 2.24) is 9.55 Å². The largest absolute Gasteiger partial charge is 0.493 e. The number of aliphatic carboxylic acids is 1. The summed E-state index contributed by atoms with van der Waals surface area (Å²) in [4.78, 5) is 39.8. The van der Waals surface area contributed by atoms with Gasteiger partial charge in [-0.05, 0) is 42.3 Å². The average molecular weight is 421 g/mol. The van der Waals surface area contributed by atoms with Crippen molar-refractivity contribution in [3.05, 3.63) is 58.1 Å². The molecule has 2 heterocycles. The molecule has 9 heteroatoms. The third kappa shape index (κ3) is 3.61. The Morgan fingerprint density at radius 3 is 2.71 bits per heavy atom. The number of nitrogens with zero attached hydrogens (tertiary/aromatic N) is 2. The first-order valence-electron chi connectivity index (χ1n) is 9.43. The minimum atomic E-state index is -1.60. The zero-order valence-electron chi connectivity index (χ0n) is 16.8. The van der Waals surface area contributed by atoms with Crippen LogP contribution in [0.25, 0.3) is 22.6 Å². The fraction of sp³-hybridized carbons (Fsp3) is 0.182. The van der Waals surface area contributed by atoms with Gasteiger partial charge in [0.2, 0.25) is 0 Å². The highest BCUT2D eigenvalue weighted by Crippen LogP contribution is 2.35. The van der Waals surface area contributed by atoms with E-state index in [1.807, 2.05) is 18.2 Å². The lowest BCUT2D eigenvalue weighted by Gasteiger charge is -2.11. The Morgan fingerprint density at radius 2 is 2.00 bits per heavy atom. The molecule has 2 aromatic carbocycles. The standard InChI is InChI=1S/C22H19N3O6/c1-30-17-5-3-4-12(18(17)31-2)10-13-8-9-25-19(13)24-16-11-14(23-20(26)22(28)29)6-7-15(16)21(25)27/h3-7,10-11H,8-9H2,1-2H3,(H,23,26)(H,28,29). The molecule has 0 aliphatic carbocycles. The molecule has 0 bridgehead atoms. The number of fused-ring (bicyclic) bond motifs is 2. The third-order valence-corrected chi connectivity index (χ3v) is 5.06. The molecule has 0 atom stereocenters. The van der Waals surface area contributed by atoms with E-state index in [0.29, 0.717) is 41.2 Å². The second kappa shape index (κ2) is 7.94. The molecule has 31 heavy (non-hydrogen) atoms. The number of anilines is 1. The van der Waals surface area contributed by atoms with Crippen molar-refractivity contribution in [1.29, 1.82) is 0 Å². The molecule has 158 valence electrons. The second-order valence-electron chi connectivity index (χ2n) is 6.89. The van der Waals surface area contributed by atoms with Gasteiger partial charge in [-0.2, -0.15) is 0 Å². The first-order valence-corrected chi connectivity index (χ1v) is 9.43. The Morgan fingerprint density at radius 1 is 1.19 bits per heavy atom. The van der Waals surface area contributed by atoms with Crippen LogP contribution in [-0.4, -0.2) is 40.8 Å². The lowest BCUT2D eigenvalue weighted by molar-refractivity contribution is -0.147. The van der Waals surface area contributed by atoms with Crippen molar-refractivity contribution in [2.75, 3.05) is 19.5 Å². The van der Waals surface area contributed by atoms with Crippen LogP contribution in [0.2, 0.25) is 0 Å². The number of methoxy groups -OCH3 is 2. The summed E-state index contributed by atoms with van der Waals surface area (Å²) in [7, 11) is 3.12. The van der Waals surface area contributed by atoms with Gasteiger partial charge in [-0.3, -0.25) is 14.2 Å². The number of hydrogen-bond donors (Lipinski definition) is 2. The van der Waals surface area contributed by atoms with Crippen LogP contribution in [-0.2, 0) is 16.1 Å². The predicted molar refractivity (Wildman–Crippen MR) is 114 cm³/mol. The van der Waals surface area contributed by atoms with Crippen molar-refractivity contribution in [2.45, 2.75) is 13.0 Å². The Labute approximate surface area is 176 Å². The molecule has 0 unspecified atom stereocenters. The highest BCUT2D eigenvalue weighted by molar-refractivity contribution is 6.36. The zero-order valence-corrected chi connectivity index (χ0v) is 16.8. The van der Waals surface area contributed by atoms with Crippen LogP contribution < -0.4 is 20.3 Å². The number of rotatable bonds is 4. The summed E-state index contributed by atoms with van der Waals surface area (Å²) >= 11 is 0. The third-order valence-electron chi connectivity index (χ3n) is 5.06. The summed E-state index contributed by atoms with van der Waals surface area (Å²) in [5.41, 5.74) is 2.06. The van der Waals surface area contributed by atoms with Crippen molar-refractivity contribution < 1.29 is 24.2 Å². The number of benzene rings is 2. The number of para-hydroxylation sites is 1. The highest BCUT2D eigenvalue weighted by Gasteiger charge is 2.22. The van der Waals surface area contributed by atoms with Crippen LogP contribution in [0.4, 0.5) is 5.69 Å². The number of allylic oxidation sites excluding steroid dienone is 1. The zero-order chi connectivity index (χ0) is 22.1. The maximum absolute atomic E-state index is 13.0. The summed E-state index contributed by atoms with van der Waals surface area (Å²) in [6, 6.07) is 10.0. The number of ether oxygens (including phenoxy) is 2. The Bertz CT molecular complexity index is 1310. The van der Waals surface area contributed by atoms with Gasteiger partial charge in [0.05, 0.1) is 25.1 Å². The molecule has 1 amide bonds. The van der Waals surface area contributed by atoms with Crippen LogP contribution in [0.3, 0.4) is 0 Å². The van der Waals surface area contributed by atoms with Gasteiger partial charge < -0.3 is 19.9 Å². The molecule has 3 aromatic rings. The molecule has 2 N–H and O–H groups in total. The van der Waals surface area contributed by atoms with Crippen LogP contribution in [0.1, 0.15) is 17.8 Å².